The van der Waals surface area contributed by atoms with Crippen LogP contribution in [0.1, 0.15) is 0 Å². The number of benzene rings is 16. The van der Waals surface area contributed by atoms with Crippen molar-refractivity contribution < 1.29 is 8.83 Å². The lowest BCUT2D eigenvalue weighted by Gasteiger charge is -2.12. The fourth-order valence-corrected chi connectivity index (χ4v) is 16.4. The third-order valence-corrected chi connectivity index (χ3v) is 21.8. The largest absolute Gasteiger partial charge is 0.456 e. The summed E-state index contributed by atoms with van der Waals surface area (Å²) in [6.45, 7) is 0. The van der Waals surface area contributed by atoms with Crippen molar-refractivity contribution in [3.05, 3.63) is 376 Å². The van der Waals surface area contributed by atoms with Crippen molar-refractivity contribution in [3.63, 3.8) is 0 Å². The molecule has 0 N–H and O–H groups in total. The zero-order valence-corrected chi connectivity index (χ0v) is 60.2. The predicted octanol–water partition coefficient (Wildman–Crippen LogP) is 26.4. The molecule has 6 aromatic heterocycles. The summed E-state index contributed by atoms with van der Waals surface area (Å²) >= 11 is 0. The molecule has 22 rings (SSSR count). The average molecular weight is 1430 g/mol. The maximum atomic E-state index is 6.92. The maximum Gasteiger partial charge on any atom is 0.164 e. The van der Waals surface area contributed by atoms with Gasteiger partial charge in [-0.05, 0) is 171 Å². The number of nitrogens with zero attached hydrogens (tertiary/aromatic N) is 8. The van der Waals surface area contributed by atoms with Gasteiger partial charge in [-0.1, -0.05) is 261 Å². The molecule has 522 valence electrons. The highest BCUT2D eigenvalue weighted by atomic mass is 16.3. The van der Waals surface area contributed by atoms with Crippen molar-refractivity contribution in [2.24, 2.45) is 0 Å². The molecule has 0 aliphatic heterocycles. The number of rotatable bonds is 13. The second-order valence-electron chi connectivity index (χ2n) is 28.6. The van der Waals surface area contributed by atoms with Gasteiger partial charge in [0.05, 0.1) is 22.1 Å². The summed E-state index contributed by atoms with van der Waals surface area (Å²) in [5, 5.41) is 8.89. The van der Waals surface area contributed by atoms with Gasteiger partial charge in [-0.25, -0.2) is 29.9 Å². The molecule has 0 amide bonds. The second-order valence-corrected chi connectivity index (χ2v) is 28.6. The molecule has 0 bridgehead atoms. The third kappa shape index (κ3) is 11.2. The Morgan fingerprint density at radius 3 is 0.821 bits per heavy atom. The van der Waals surface area contributed by atoms with Crippen LogP contribution in [0.4, 0.5) is 0 Å². The molecule has 22 aromatic rings. The lowest BCUT2D eigenvalue weighted by atomic mass is 10.0. The van der Waals surface area contributed by atoms with Crippen LogP contribution in [0.25, 0.3) is 223 Å². The van der Waals surface area contributed by atoms with Crippen LogP contribution in [0.3, 0.4) is 0 Å². The van der Waals surface area contributed by atoms with Crippen molar-refractivity contribution in [3.8, 4) is 135 Å². The number of aromatic nitrogens is 8. The molecule has 0 radical (unpaired) electrons. The topological polar surface area (TPSA) is 113 Å². The van der Waals surface area contributed by atoms with Gasteiger partial charge in [0.1, 0.15) is 22.3 Å². The van der Waals surface area contributed by atoms with Gasteiger partial charge in [-0.15, -0.1) is 0 Å². The minimum Gasteiger partial charge on any atom is -0.456 e. The molecule has 0 unspecified atom stereocenters. The summed E-state index contributed by atoms with van der Waals surface area (Å²) in [6.07, 6.45) is 0. The van der Waals surface area contributed by atoms with Crippen LogP contribution < -0.4 is 0 Å². The van der Waals surface area contributed by atoms with E-state index in [1.165, 1.54) is 32.7 Å². The minimum atomic E-state index is 0.523. The van der Waals surface area contributed by atoms with E-state index in [-0.39, 0.29) is 0 Å². The predicted molar refractivity (Wildman–Crippen MR) is 456 cm³/mol. The van der Waals surface area contributed by atoms with Crippen LogP contribution in [0.5, 0.6) is 0 Å². The molecule has 0 saturated heterocycles. The molecule has 0 spiro atoms. The summed E-state index contributed by atoms with van der Waals surface area (Å²) in [4.78, 5) is 31.9. The van der Waals surface area contributed by atoms with Gasteiger partial charge in [-0.3, -0.25) is 0 Å². The van der Waals surface area contributed by atoms with Crippen LogP contribution in [0, 0.1) is 0 Å². The van der Waals surface area contributed by atoms with E-state index in [1.807, 2.05) is 30.3 Å². The Morgan fingerprint density at radius 2 is 0.402 bits per heavy atom. The maximum absolute atomic E-state index is 6.92. The second kappa shape index (κ2) is 26.3. The van der Waals surface area contributed by atoms with Gasteiger partial charge in [0.25, 0.3) is 0 Å². The van der Waals surface area contributed by atoms with Crippen molar-refractivity contribution in [1.29, 1.82) is 0 Å². The fourth-order valence-electron chi connectivity index (χ4n) is 16.4. The van der Waals surface area contributed by atoms with E-state index in [9.17, 15) is 0 Å². The highest BCUT2D eigenvalue weighted by Crippen LogP contribution is 2.42. The monoisotopic (exact) mass is 1430 g/mol. The van der Waals surface area contributed by atoms with Crippen molar-refractivity contribution >= 4 is 87.5 Å². The molecular weight excluding hydrogens is 1370 g/mol. The molecule has 112 heavy (non-hydrogen) atoms. The van der Waals surface area contributed by atoms with Crippen LogP contribution in [0.2, 0.25) is 0 Å². The van der Waals surface area contributed by atoms with E-state index < -0.39 is 0 Å². The van der Waals surface area contributed by atoms with E-state index in [0.717, 1.165) is 150 Å². The van der Waals surface area contributed by atoms with E-state index >= 15 is 0 Å². The van der Waals surface area contributed by atoms with Crippen LogP contribution >= 0.6 is 0 Å². The molecule has 16 aromatic carbocycles. The Hall–Kier alpha value is -15.3. The smallest absolute Gasteiger partial charge is 0.164 e. The Morgan fingerprint density at radius 1 is 0.152 bits per heavy atom. The lowest BCUT2D eigenvalue weighted by molar-refractivity contribution is 0.668. The number of furan rings is 2. The van der Waals surface area contributed by atoms with Gasteiger partial charge in [0.2, 0.25) is 0 Å². The first-order chi connectivity index (χ1) is 55.4. The standard InChI is InChI=1S/C102H62N8O2/c1-3-21-63(22-4-1)65-25-15-31-73(53-65)97-103-98(74-32-16-26-66(54-74)69-29-19-35-79(57-69)109-89-41-11-7-37-81(89)82-38-8-12-42-90(82)109)107-102(105-97)78-48-52-88-87-50-46-72(60-94(87)112-96(88)62-78)68-28-18-34-76(56-68)100-104-99(106-101(108-100)77-47-51-86-85-40-10-14-44-93(85)111-95(86)61-77)75-33-17-27-67(55-75)70-30-20-36-80(58-70)110-91-43-13-9-39-83(91)84-49-45-71(59-92(84)110)64-23-5-2-6-24-64/h1-62H. The normalized spacial score (nSPS) is 11.8. The minimum absolute atomic E-state index is 0.523. The van der Waals surface area contributed by atoms with Crippen LogP contribution in [0.15, 0.2) is 385 Å². The first-order valence-electron chi connectivity index (χ1n) is 37.6. The summed E-state index contributed by atoms with van der Waals surface area (Å²) in [5.41, 5.74) is 25.4. The third-order valence-electron chi connectivity index (χ3n) is 21.8. The molecule has 10 heteroatoms. The van der Waals surface area contributed by atoms with Crippen LogP contribution in [-0.4, -0.2) is 39.0 Å². The number of hydrogen-bond acceptors (Lipinski definition) is 8. The van der Waals surface area contributed by atoms with E-state index in [1.54, 1.807) is 0 Å². The quantitative estimate of drug-likeness (QED) is 0.112. The molecule has 6 heterocycles. The van der Waals surface area contributed by atoms with Crippen molar-refractivity contribution in [2.45, 2.75) is 0 Å². The molecule has 0 saturated carbocycles. The van der Waals surface area contributed by atoms with Crippen molar-refractivity contribution in [2.75, 3.05) is 0 Å². The molecule has 0 fully saturated rings. The highest BCUT2D eigenvalue weighted by Gasteiger charge is 2.22. The number of fused-ring (bicyclic) bond motifs is 12. The SMILES string of the molecule is c1ccc(-c2cccc(-c3nc(-c4cccc(-c5cccc(-n6c7ccccc7c7ccccc76)c5)c4)nc(-c4ccc5c(c4)oc4cc(-c6cccc(-c7nc(-c8cccc(-c9cccc(-n%10c%11ccccc%11c%11ccc(-c%12ccccc%12)cc%11%10)c9)c8)nc(-c8ccc9c(c8)oc8ccccc89)n7)c6)ccc45)n3)c2)cc1. The van der Waals surface area contributed by atoms with Gasteiger partial charge < -0.3 is 18.0 Å². The van der Waals surface area contributed by atoms with Crippen molar-refractivity contribution in [1.82, 2.24) is 39.0 Å². The van der Waals surface area contributed by atoms with Crippen LogP contribution in [-0.2, 0) is 0 Å². The molecular formula is C102H62N8O2. The number of hydrogen-bond donors (Lipinski definition) is 0. The highest BCUT2D eigenvalue weighted by molar-refractivity contribution is 6.12. The molecule has 0 aliphatic carbocycles. The summed E-state index contributed by atoms with van der Waals surface area (Å²) < 4.78 is 18.1. The summed E-state index contributed by atoms with van der Waals surface area (Å²) in [5.74, 6) is 3.22. The average Bonchev–Trinajstić information content (AvgIpc) is 1.60. The molecule has 0 atom stereocenters. The first-order valence-corrected chi connectivity index (χ1v) is 37.6. The summed E-state index contributed by atoms with van der Waals surface area (Å²) in [7, 11) is 0. The van der Waals surface area contributed by atoms with Gasteiger partial charge in [0.15, 0.2) is 34.9 Å². The zero-order valence-electron chi connectivity index (χ0n) is 60.2. The number of para-hydroxylation sites is 4. The van der Waals surface area contributed by atoms with Gasteiger partial charge in [0, 0.05) is 87.8 Å². The zero-order chi connectivity index (χ0) is 73.7. The Kier molecular flexibility index (Phi) is 15.0. The Labute approximate surface area is 642 Å². The van der Waals surface area contributed by atoms with E-state index in [2.05, 4.69) is 355 Å². The first kappa shape index (κ1) is 64.0. The summed E-state index contributed by atoms with van der Waals surface area (Å²) in [6, 6.07) is 132. The van der Waals surface area contributed by atoms with E-state index in [0.29, 0.717) is 40.5 Å². The van der Waals surface area contributed by atoms with Gasteiger partial charge in [-0.2, -0.15) is 0 Å². The molecule has 0 aliphatic rings. The Bertz CT molecular complexity index is 7480. The fraction of sp³-hybridized carbons (Fsp3) is 0. The lowest BCUT2D eigenvalue weighted by Crippen LogP contribution is -2.00. The Balaban J connectivity index is 0.615. The van der Waals surface area contributed by atoms with Gasteiger partial charge >= 0.3 is 0 Å². The molecule has 10 nitrogen and oxygen atoms in total. The van der Waals surface area contributed by atoms with E-state index in [4.69, 9.17) is 38.7 Å².